The van der Waals surface area contributed by atoms with Gasteiger partial charge in [-0.25, -0.2) is 18.1 Å². The van der Waals surface area contributed by atoms with Gasteiger partial charge in [0.15, 0.2) is 5.13 Å². The van der Waals surface area contributed by atoms with Crippen LogP contribution < -0.4 is 9.62 Å². The molecule has 24 heavy (non-hydrogen) atoms. The first-order valence-electron chi connectivity index (χ1n) is 8.11. The molecule has 1 saturated heterocycles. The quantitative estimate of drug-likeness (QED) is 0.905. The van der Waals surface area contributed by atoms with Crippen LogP contribution in [0.3, 0.4) is 0 Å². The third-order valence-corrected chi connectivity index (χ3v) is 7.04. The SMILES string of the molecule is Cc1cc(C)c(S(=O)(=O)NC2CCN(c3nccs3)CC2)c(C)c1. The topological polar surface area (TPSA) is 62.3 Å². The van der Waals surface area contributed by atoms with Crippen LogP contribution in [0.1, 0.15) is 29.5 Å². The highest BCUT2D eigenvalue weighted by Crippen LogP contribution is 2.25. The van der Waals surface area contributed by atoms with Crippen LogP contribution in [-0.2, 0) is 10.0 Å². The van der Waals surface area contributed by atoms with E-state index >= 15 is 0 Å². The number of thiazole rings is 1. The van der Waals surface area contributed by atoms with E-state index in [4.69, 9.17) is 0 Å². The van der Waals surface area contributed by atoms with Gasteiger partial charge in [-0.2, -0.15) is 0 Å². The molecular weight excluding hydrogens is 342 g/mol. The van der Waals surface area contributed by atoms with E-state index in [-0.39, 0.29) is 6.04 Å². The number of sulfonamides is 1. The van der Waals surface area contributed by atoms with Crippen LogP contribution in [0, 0.1) is 20.8 Å². The van der Waals surface area contributed by atoms with Gasteiger partial charge >= 0.3 is 0 Å². The lowest BCUT2D eigenvalue weighted by Gasteiger charge is -2.32. The molecule has 0 bridgehead atoms. The highest BCUT2D eigenvalue weighted by Gasteiger charge is 2.27. The van der Waals surface area contributed by atoms with Gasteiger partial charge in [0.05, 0.1) is 4.90 Å². The third-order valence-electron chi connectivity index (χ3n) is 4.38. The van der Waals surface area contributed by atoms with Crippen molar-refractivity contribution in [3.8, 4) is 0 Å². The number of hydrogen-bond donors (Lipinski definition) is 1. The summed E-state index contributed by atoms with van der Waals surface area (Å²) in [7, 11) is -3.49. The molecule has 7 heteroatoms. The largest absolute Gasteiger partial charge is 0.348 e. The summed E-state index contributed by atoms with van der Waals surface area (Å²) in [5.41, 5.74) is 2.70. The van der Waals surface area contributed by atoms with Gasteiger partial charge in [0, 0.05) is 30.7 Å². The van der Waals surface area contributed by atoms with Crippen LogP contribution >= 0.6 is 11.3 Å². The van der Waals surface area contributed by atoms with E-state index in [1.807, 2.05) is 38.3 Å². The van der Waals surface area contributed by atoms with Crippen LogP contribution in [0.5, 0.6) is 0 Å². The maximum Gasteiger partial charge on any atom is 0.241 e. The van der Waals surface area contributed by atoms with Gasteiger partial charge in [-0.15, -0.1) is 11.3 Å². The normalized spacial score (nSPS) is 16.5. The minimum Gasteiger partial charge on any atom is -0.348 e. The second-order valence-corrected chi connectivity index (χ2v) is 8.95. The predicted octanol–water partition coefficient (Wildman–Crippen LogP) is 3.02. The Kier molecular flexibility index (Phi) is 4.94. The smallest absolute Gasteiger partial charge is 0.241 e. The fourth-order valence-electron chi connectivity index (χ4n) is 3.43. The molecule has 0 unspecified atom stereocenters. The molecule has 0 saturated carbocycles. The van der Waals surface area contributed by atoms with E-state index in [1.54, 1.807) is 17.5 Å². The number of anilines is 1. The Balaban J connectivity index is 1.70. The molecule has 0 spiro atoms. The molecule has 0 amide bonds. The fourth-order valence-corrected chi connectivity index (χ4v) is 5.88. The van der Waals surface area contributed by atoms with E-state index in [2.05, 4.69) is 14.6 Å². The van der Waals surface area contributed by atoms with E-state index in [0.29, 0.717) is 4.90 Å². The van der Waals surface area contributed by atoms with Crippen molar-refractivity contribution in [1.82, 2.24) is 9.71 Å². The van der Waals surface area contributed by atoms with Gasteiger partial charge in [-0.3, -0.25) is 0 Å². The maximum atomic E-state index is 12.8. The number of rotatable bonds is 4. The van der Waals surface area contributed by atoms with Crippen molar-refractivity contribution in [2.75, 3.05) is 18.0 Å². The van der Waals surface area contributed by atoms with Gasteiger partial charge in [0.2, 0.25) is 10.0 Å². The predicted molar refractivity (Wildman–Crippen MR) is 98.3 cm³/mol. The molecule has 1 fully saturated rings. The second kappa shape index (κ2) is 6.82. The summed E-state index contributed by atoms with van der Waals surface area (Å²) < 4.78 is 28.6. The lowest BCUT2D eigenvalue weighted by Crippen LogP contribution is -2.44. The molecule has 0 atom stereocenters. The maximum absolute atomic E-state index is 12.8. The van der Waals surface area contributed by atoms with E-state index < -0.39 is 10.0 Å². The molecule has 0 radical (unpaired) electrons. The highest BCUT2D eigenvalue weighted by molar-refractivity contribution is 7.89. The Morgan fingerprint density at radius 2 is 1.79 bits per heavy atom. The van der Waals surface area contributed by atoms with Crippen LogP contribution in [-0.4, -0.2) is 32.5 Å². The third kappa shape index (κ3) is 3.63. The molecule has 1 aliphatic rings. The molecule has 1 aromatic heterocycles. The van der Waals surface area contributed by atoms with E-state index in [0.717, 1.165) is 47.8 Å². The molecule has 2 heterocycles. The molecule has 130 valence electrons. The summed E-state index contributed by atoms with van der Waals surface area (Å²) in [6, 6.07) is 3.82. The molecule has 2 aromatic rings. The number of aryl methyl sites for hydroxylation is 3. The Morgan fingerprint density at radius 3 is 2.33 bits per heavy atom. The van der Waals surface area contributed by atoms with Gasteiger partial charge in [0.1, 0.15) is 0 Å². The molecule has 1 aromatic carbocycles. The minimum atomic E-state index is -3.49. The number of piperidine rings is 1. The standard InChI is InChI=1S/C17H23N3O2S2/c1-12-10-13(2)16(14(3)11-12)24(21,22)19-15-4-7-20(8-5-15)17-18-6-9-23-17/h6,9-11,15,19H,4-5,7-8H2,1-3H3. The van der Waals surface area contributed by atoms with Gasteiger partial charge < -0.3 is 4.90 Å². The summed E-state index contributed by atoms with van der Waals surface area (Å²) in [6.07, 6.45) is 3.39. The number of nitrogens with one attached hydrogen (secondary N) is 1. The monoisotopic (exact) mass is 365 g/mol. The lowest BCUT2D eigenvalue weighted by molar-refractivity contribution is 0.459. The van der Waals surface area contributed by atoms with Crippen molar-refractivity contribution in [3.63, 3.8) is 0 Å². The molecule has 5 nitrogen and oxygen atoms in total. The van der Waals surface area contributed by atoms with Crippen molar-refractivity contribution in [1.29, 1.82) is 0 Å². The first-order chi connectivity index (χ1) is 11.4. The second-order valence-electron chi connectivity index (χ2n) is 6.43. The van der Waals surface area contributed by atoms with Crippen LogP contribution in [0.2, 0.25) is 0 Å². The number of hydrogen-bond acceptors (Lipinski definition) is 5. The Hall–Kier alpha value is -1.44. The van der Waals surface area contributed by atoms with Crippen LogP contribution in [0.15, 0.2) is 28.6 Å². The Labute approximate surface area is 147 Å². The van der Waals surface area contributed by atoms with Crippen molar-refractivity contribution in [3.05, 3.63) is 40.4 Å². The molecule has 1 aliphatic heterocycles. The fraction of sp³-hybridized carbons (Fsp3) is 0.471. The lowest BCUT2D eigenvalue weighted by atomic mass is 10.1. The summed E-state index contributed by atoms with van der Waals surface area (Å²) in [4.78, 5) is 6.97. The average Bonchev–Trinajstić information content (AvgIpc) is 3.00. The van der Waals surface area contributed by atoms with Gasteiger partial charge in [-0.05, 0) is 44.7 Å². The summed E-state index contributed by atoms with van der Waals surface area (Å²) in [5.74, 6) is 0. The van der Waals surface area contributed by atoms with E-state index in [9.17, 15) is 8.42 Å². The zero-order valence-electron chi connectivity index (χ0n) is 14.2. The highest BCUT2D eigenvalue weighted by atomic mass is 32.2. The Bertz CT molecular complexity index is 785. The van der Waals surface area contributed by atoms with E-state index in [1.165, 1.54) is 0 Å². The van der Waals surface area contributed by atoms with Crippen LogP contribution in [0.25, 0.3) is 0 Å². The zero-order valence-corrected chi connectivity index (χ0v) is 15.9. The molecule has 1 N–H and O–H groups in total. The van der Waals surface area contributed by atoms with Crippen molar-refractivity contribution in [2.45, 2.75) is 44.6 Å². The zero-order chi connectivity index (χ0) is 17.3. The average molecular weight is 366 g/mol. The first kappa shape index (κ1) is 17.4. The number of benzene rings is 1. The molecular formula is C17H23N3O2S2. The Morgan fingerprint density at radius 1 is 1.17 bits per heavy atom. The van der Waals surface area contributed by atoms with Gasteiger partial charge in [0.25, 0.3) is 0 Å². The van der Waals surface area contributed by atoms with Gasteiger partial charge in [-0.1, -0.05) is 17.7 Å². The number of aromatic nitrogens is 1. The van der Waals surface area contributed by atoms with Crippen molar-refractivity contribution < 1.29 is 8.42 Å². The summed E-state index contributed by atoms with van der Waals surface area (Å²) in [5, 5.41) is 2.98. The number of nitrogens with zero attached hydrogens (tertiary/aromatic N) is 2. The first-order valence-corrected chi connectivity index (χ1v) is 10.5. The van der Waals surface area contributed by atoms with Crippen molar-refractivity contribution in [2.24, 2.45) is 0 Å². The summed E-state index contributed by atoms with van der Waals surface area (Å²) in [6.45, 7) is 7.36. The summed E-state index contributed by atoms with van der Waals surface area (Å²) >= 11 is 1.62. The van der Waals surface area contributed by atoms with Crippen LogP contribution in [0.4, 0.5) is 5.13 Å². The van der Waals surface area contributed by atoms with Crippen molar-refractivity contribution >= 4 is 26.5 Å². The molecule has 3 rings (SSSR count). The molecule has 0 aliphatic carbocycles. The minimum absolute atomic E-state index is 0.0219.